The van der Waals surface area contributed by atoms with Crippen molar-refractivity contribution in [2.45, 2.75) is 27.7 Å². The zero-order chi connectivity index (χ0) is 16.1. The number of nitrogens with zero attached hydrogens (tertiary/aromatic N) is 5. The summed E-state index contributed by atoms with van der Waals surface area (Å²) in [6, 6.07) is 8.25. The molecule has 1 aromatic carbocycles. The standard InChI is InChI=1S/C18H17N5/c1-10-8-11(2)16-15(9-10)23-17(13(4)20-16)21-22-18(23)14-6-5-7-19-12(14)3/h5-9H,1-4H3. The fourth-order valence-corrected chi connectivity index (χ4v) is 3.11. The van der Waals surface area contributed by atoms with Crippen LogP contribution < -0.4 is 0 Å². The summed E-state index contributed by atoms with van der Waals surface area (Å²) in [6.45, 7) is 8.15. The summed E-state index contributed by atoms with van der Waals surface area (Å²) < 4.78 is 2.10. The Morgan fingerprint density at radius 3 is 2.57 bits per heavy atom. The zero-order valence-corrected chi connectivity index (χ0v) is 13.6. The predicted molar refractivity (Wildman–Crippen MR) is 90.5 cm³/mol. The second-order valence-corrected chi connectivity index (χ2v) is 5.97. The van der Waals surface area contributed by atoms with Crippen LogP contribution in [0, 0.1) is 27.7 Å². The molecule has 3 heterocycles. The lowest BCUT2D eigenvalue weighted by molar-refractivity contribution is 1.09. The van der Waals surface area contributed by atoms with Gasteiger partial charge in [0.15, 0.2) is 11.5 Å². The molecule has 23 heavy (non-hydrogen) atoms. The van der Waals surface area contributed by atoms with Crippen molar-refractivity contribution in [3.8, 4) is 11.4 Å². The summed E-state index contributed by atoms with van der Waals surface area (Å²) in [7, 11) is 0. The van der Waals surface area contributed by atoms with Crippen molar-refractivity contribution in [2.24, 2.45) is 0 Å². The summed E-state index contributed by atoms with van der Waals surface area (Å²) in [6.07, 6.45) is 1.79. The number of hydrogen-bond donors (Lipinski definition) is 0. The van der Waals surface area contributed by atoms with Gasteiger partial charge in [-0.05, 0) is 57.0 Å². The van der Waals surface area contributed by atoms with E-state index in [4.69, 9.17) is 4.98 Å². The molecule has 4 rings (SSSR count). The number of benzene rings is 1. The van der Waals surface area contributed by atoms with E-state index in [1.807, 2.05) is 26.0 Å². The van der Waals surface area contributed by atoms with E-state index < -0.39 is 0 Å². The highest BCUT2D eigenvalue weighted by Crippen LogP contribution is 2.27. The Balaban J connectivity index is 2.22. The number of rotatable bonds is 1. The van der Waals surface area contributed by atoms with Gasteiger partial charge in [0.1, 0.15) is 0 Å². The van der Waals surface area contributed by atoms with Crippen LogP contribution in [0.2, 0.25) is 0 Å². The van der Waals surface area contributed by atoms with Crippen molar-refractivity contribution in [3.05, 3.63) is 53.0 Å². The minimum atomic E-state index is 0.792. The molecule has 0 fully saturated rings. The second kappa shape index (κ2) is 4.84. The molecule has 0 N–H and O–H groups in total. The van der Waals surface area contributed by atoms with Crippen molar-refractivity contribution in [1.29, 1.82) is 0 Å². The molecule has 5 nitrogen and oxygen atoms in total. The summed E-state index contributed by atoms with van der Waals surface area (Å²) in [5.74, 6) is 0.811. The zero-order valence-electron chi connectivity index (χ0n) is 13.6. The van der Waals surface area contributed by atoms with Crippen molar-refractivity contribution < 1.29 is 0 Å². The van der Waals surface area contributed by atoms with Gasteiger partial charge in [-0.25, -0.2) is 4.98 Å². The van der Waals surface area contributed by atoms with E-state index in [0.717, 1.165) is 45.0 Å². The molecule has 0 amide bonds. The molecule has 0 aliphatic rings. The third-order valence-electron chi connectivity index (χ3n) is 4.18. The fraction of sp³-hybridized carbons (Fsp3) is 0.222. The maximum Gasteiger partial charge on any atom is 0.183 e. The topological polar surface area (TPSA) is 56.0 Å². The van der Waals surface area contributed by atoms with Gasteiger partial charge in [-0.15, -0.1) is 10.2 Å². The summed E-state index contributed by atoms with van der Waals surface area (Å²) in [5, 5.41) is 8.80. The van der Waals surface area contributed by atoms with Crippen molar-refractivity contribution in [3.63, 3.8) is 0 Å². The molecular formula is C18H17N5. The number of aryl methyl sites for hydroxylation is 4. The Morgan fingerprint density at radius 1 is 0.957 bits per heavy atom. The highest BCUT2D eigenvalue weighted by molar-refractivity contribution is 5.84. The maximum atomic E-state index is 4.73. The lowest BCUT2D eigenvalue weighted by atomic mass is 10.1. The van der Waals surface area contributed by atoms with Crippen LogP contribution in [0.3, 0.4) is 0 Å². The molecular weight excluding hydrogens is 286 g/mol. The van der Waals surface area contributed by atoms with Gasteiger partial charge < -0.3 is 0 Å². The van der Waals surface area contributed by atoms with Crippen LogP contribution in [0.25, 0.3) is 28.1 Å². The molecule has 114 valence electrons. The summed E-state index contributed by atoms with van der Waals surface area (Å²) >= 11 is 0. The van der Waals surface area contributed by atoms with Gasteiger partial charge in [-0.2, -0.15) is 0 Å². The van der Waals surface area contributed by atoms with E-state index in [1.54, 1.807) is 6.20 Å². The highest BCUT2D eigenvalue weighted by atomic mass is 15.3. The van der Waals surface area contributed by atoms with Gasteiger partial charge in [-0.1, -0.05) is 6.07 Å². The molecule has 0 radical (unpaired) electrons. The van der Waals surface area contributed by atoms with Crippen molar-refractivity contribution in [1.82, 2.24) is 24.6 Å². The van der Waals surface area contributed by atoms with Gasteiger partial charge in [0.25, 0.3) is 0 Å². The normalized spacial score (nSPS) is 11.5. The van der Waals surface area contributed by atoms with Gasteiger partial charge in [0.05, 0.1) is 16.7 Å². The Hall–Kier alpha value is -2.82. The molecule has 0 aliphatic heterocycles. The molecule has 0 saturated carbocycles. The minimum Gasteiger partial charge on any atom is -0.272 e. The smallest absolute Gasteiger partial charge is 0.183 e. The van der Waals surface area contributed by atoms with Crippen LogP contribution in [0.5, 0.6) is 0 Å². The fourth-order valence-electron chi connectivity index (χ4n) is 3.11. The Labute approximate surface area is 134 Å². The monoisotopic (exact) mass is 303 g/mol. The minimum absolute atomic E-state index is 0.792. The highest BCUT2D eigenvalue weighted by Gasteiger charge is 2.17. The molecule has 0 spiro atoms. The first-order chi connectivity index (χ1) is 11.1. The average Bonchev–Trinajstić information content (AvgIpc) is 2.95. The van der Waals surface area contributed by atoms with Crippen LogP contribution in [-0.4, -0.2) is 24.6 Å². The Bertz CT molecular complexity index is 1060. The Kier molecular flexibility index (Phi) is 2.91. The largest absolute Gasteiger partial charge is 0.272 e. The van der Waals surface area contributed by atoms with E-state index >= 15 is 0 Å². The van der Waals surface area contributed by atoms with Gasteiger partial charge in [0, 0.05) is 17.5 Å². The van der Waals surface area contributed by atoms with E-state index in [-0.39, 0.29) is 0 Å². The third-order valence-corrected chi connectivity index (χ3v) is 4.18. The van der Waals surface area contributed by atoms with E-state index in [9.17, 15) is 0 Å². The summed E-state index contributed by atoms with van der Waals surface area (Å²) in [4.78, 5) is 9.12. The SMILES string of the molecule is Cc1cc(C)c2nc(C)c3nnc(-c4cccnc4C)n3c2c1. The second-order valence-electron chi connectivity index (χ2n) is 5.97. The first-order valence-corrected chi connectivity index (χ1v) is 7.61. The number of hydrogen-bond acceptors (Lipinski definition) is 4. The average molecular weight is 303 g/mol. The van der Waals surface area contributed by atoms with Gasteiger partial charge in [0.2, 0.25) is 0 Å². The molecule has 0 unspecified atom stereocenters. The van der Waals surface area contributed by atoms with Crippen LogP contribution in [0.1, 0.15) is 22.5 Å². The van der Waals surface area contributed by atoms with E-state index in [0.29, 0.717) is 0 Å². The molecule has 3 aromatic heterocycles. The van der Waals surface area contributed by atoms with E-state index in [1.165, 1.54) is 5.56 Å². The molecule has 0 bridgehead atoms. The number of aromatic nitrogens is 5. The van der Waals surface area contributed by atoms with Crippen molar-refractivity contribution >= 4 is 16.7 Å². The molecule has 0 atom stereocenters. The first kappa shape index (κ1) is 13.8. The number of pyridine rings is 1. The van der Waals surface area contributed by atoms with Gasteiger partial charge in [-0.3, -0.25) is 9.38 Å². The predicted octanol–water partition coefficient (Wildman–Crippen LogP) is 3.57. The summed E-state index contributed by atoms with van der Waals surface area (Å²) in [5.41, 5.74) is 7.98. The van der Waals surface area contributed by atoms with Gasteiger partial charge >= 0.3 is 0 Å². The quantitative estimate of drug-likeness (QED) is 0.539. The van der Waals surface area contributed by atoms with E-state index in [2.05, 4.69) is 45.6 Å². The van der Waals surface area contributed by atoms with Crippen LogP contribution in [-0.2, 0) is 0 Å². The van der Waals surface area contributed by atoms with Crippen molar-refractivity contribution in [2.75, 3.05) is 0 Å². The first-order valence-electron chi connectivity index (χ1n) is 7.61. The van der Waals surface area contributed by atoms with Crippen LogP contribution >= 0.6 is 0 Å². The van der Waals surface area contributed by atoms with Crippen LogP contribution in [0.15, 0.2) is 30.5 Å². The Morgan fingerprint density at radius 2 is 1.78 bits per heavy atom. The third kappa shape index (κ3) is 2.00. The maximum absolute atomic E-state index is 4.73. The molecule has 4 aromatic rings. The van der Waals surface area contributed by atoms with Crippen LogP contribution in [0.4, 0.5) is 0 Å². The molecule has 5 heteroatoms. The lowest BCUT2D eigenvalue weighted by Gasteiger charge is -2.10. The number of fused-ring (bicyclic) bond motifs is 3. The molecule has 0 saturated heterocycles. The molecule has 0 aliphatic carbocycles. The lowest BCUT2D eigenvalue weighted by Crippen LogP contribution is -2.00.